The molecule has 104 valence electrons. The molecule has 1 atom stereocenters. The zero-order valence-electron chi connectivity index (χ0n) is 11.1. The Bertz CT molecular complexity index is 415. The molecule has 1 amide bonds. The van der Waals surface area contributed by atoms with Gasteiger partial charge in [-0.25, -0.2) is 0 Å². The molecule has 1 saturated carbocycles. The number of aliphatic hydroxyl groups is 1. The van der Waals surface area contributed by atoms with Gasteiger partial charge in [-0.3, -0.25) is 4.79 Å². The summed E-state index contributed by atoms with van der Waals surface area (Å²) < 4.78 is 0. The number of nitrogens with two attached hydrogens (primary N) is 1. The molecule has 1 fully saturated rings. The van der Waals surface area contributed by atoms with Crippen molar-refractivity contribution in [2.24, 2.45) is 5.73 Å². The Morgan fingerprint density at radius 1 is 1.37 bits per heavy atom. The molecule has 4 nitrogen and oxygen atoms in total. The van der Waals surface area contributed by atoms with Crippen molar-refractivity contribution in [2.45, 2.75) is 43.7 Å². The lowest BCUT2D eigenvalue weighted by Gasteiger charge is -2.36. The summed E-state index contributed by atoms with van der Waals surface area (Å²) in [5.74, 6) is -0.0355. The van der Waals surface area contributed by atoms with Crippen molar-refractivity contribution in [1.29, 1.82) is 0 Å². The zero-order chi connectivity index (χ0) is 13.7. The van der Waals surface area contributed by atoms with Gasteiger partial charge in [-0.05, 0) is 31.2 Å². The van der Waals surface area contributed by atoms with Crippen molar-refractivity contribution in [3.05, 3.63) is 35.9 Å². The van der Waals surface area contributed by atoms with E-state index in [1.165, 1.54) is 0 Å². The summed E-state index contributed by atoms with van der Waals surface area (Å²) >= 11 is 0. The lowest BCUT2D eigenvalue weighted by Crippen LogP contribution is -2.47. The molecule has 1 aromatic rings. The number of hydrogen-bond acceptors (Lipinski definition) is 3. The monoisotopic (exact) mass is 262 g/mol. The van der Waals surface area contributed by atoms with E-state index in [1.807, 2.05) is 30.3 Å². The lowest BCUT2D eigenvalue weighted by atomic mass is 9.80. The molecular weight excluding hydrogens is 240 g/mol. The maximum Gasteiger partial charge on any atom is 0.220 e. The Labute approximate surface area is 114 Å². The van der Waals surface area contributed by atoms with E-state index in [2.05, 4.69) is 5.32 Å². The highest BCUT2D eigenvalue weighted by Gasteiger charge is 2.34. The molecule has 4 heteroatoms. The van der Waals surface area contributed by atoms with Gasteiger partial charge in [-0.15, -0.1) is 0 Å². The molecule has 2 rings (SSSR count). The van der Waals surface area contributed by atoms with Crippen LogP contribution in [0.2, 0.25) is 0 Å². The predicted octanol–water partition coefficient (Wildman–Crippen LogP) is 1.50. The third-order valence-electron chi connectivity index (χ3n) is 3.81. The van der Waals surface area contributed by atoms with Gasteiger partial charge in [0.2, 0.25) is 5.91 Å². The average molecular weight is 262 g/mol. The number of carbonyl (C=O) groups excluding carboxylic acids is 1. The molecule has 19 heavy (non-hydrogen) atoms. The van der Waals surface area contributed by atoms with Crippen LogP contribution in [0.1, 0.15) is 43.7 Å². The summed E-state index contributed by atoms with van der Waals surface area (Å²) in [4.78, 5) is 11.7. The van der Waals surface area contributed by atoms with Gasteiger partial charge < -0.3 is 16.2 Å². The van der Waals surface area contributed by atoms with Crippen molar-refractivity contribution in [3.63, 3.8) is 0 Å². The molecule has 0 aromatic heterocycles. The minimum atomic E-state index is -0.656. The Kier molecular flexibility index (Phi) is 4.56. The molecule has 1 aromatic carbocycles. The van der Waals surface area contributed by atoms with Crippen LogP contribution in [0, 0.1) is 0 Å². The van der Waals surface area contributed by atoms with Gasteiger partial charge in [0.1, 0.15) is 0 Å². The summed E-state index contributed by atoms with van der Waals surface area (Å²) in [6, 6.07) is 9.67. The minimum absolute atomic E-state index is 0.0355. The van der Waals surface area contributed by atoms with Gasteiger partial charge in [0.25, 0.3) is 0 Å². The number of benzene rings is 1. The normalized spacial score (nSPS) is 18.4. The van der Waals surface area contributed by atoms with E-state index in [0.29, 0.717) is 19.4 Å². The van der Waals surface area contributed by atoms with Gasteiger partial charge in [0.05, 0.1) is 5.60 Å². The quantitative estimate of drug-likeness (QED) is 0.727. The summed E-state index contributed by atoms with van der Waals surface area (Å²) in [6.45, 7) is 0.367. The Morgan fingerprint density at radius 2 is 2.05 bits per heavy atom. The smallest absolute Gasteiger partial charge is 0.220 e. The Morgan fingerprint density at radius 3 is 2.63 bits per heavy atom. The Hall–Kier alpha value is -1.39. The van der Waals surface area contributed by atoms with Gasteiger partial charge in [0.15, 0.2) is 0 Å². The van der Waals surface area contributed by atoms with Crippen LogP contribution in [0.4, 0.5) is 0 Å². The van der Waals surface area contributed by atoms with E-state index in [9.17, 15) is 9.90 Å². The predicted molar refractivity (Wildman–Crippen MR) is 74.4 cm³/mol. The van der Waals surface area contributed by atoms with Crippen LogP contribution in [-0.2, 0) is 4.79 Å². The molecule has 0 heterocycles. The van der Waals surface area contributed by atoms with Crippen LogP contribution in [0.15, 0.2) is 30.3 Å². The molecule has 1 aliphatic rings. The molecule has 0 bridgehead atoms. The summed E-state index contributed by atoms with van der Waals surface area (Å²) in [7, 11) is 0. The molecular formula is C15H22N2O2. The molecule has 4 N–H and O–H groups in total. The number of rotatable bonds is 6. The zero-order valence-corrected chi connectivity index (χ0v) is 11.1. The first-order valence-electron chi connectivity index (χ1n) is 6.89. The van der Waals surface area contributed by atoms with Gasteiger partial charge in [-0.1, -0.05) is 30.3 Å². The van der Waals surface area contributed by atoms with Gasteiger partial charge >= 0.3 is 0 Å². The molecule has 1 unspecified atom stereocenters. The lowest BCUT2D eigenvalue weighted by molar-refractivity contribution is -0.123. The van der Waals surface area contributed by atoms with Crippen molar-refractivity contribution in [2.75, 3.05) is 6.54 Å². The first-order chi connectivity index (χ1) is 9.09. The fourth-order valence-corrected chi connectivity index (χ4v) is 2.27. The van der Waals surface area contributed by atoms with E-state index in [0.717, 1.165) is 24.8 Å². The van der Waals surface area contributed by atoms with Crippen molar-refractivity contribution in [3.8, 4) is 0 Å². The topological polar surface area (TPSA) is 75.4 Å². The molecule has 0 saturated heterocycles. The van der Waals surface area contributed by atoms with E-state index in [-0.39, 0.29) is 11.9 Å². The third kappa shape index (κ3) is 4.04. The third-order valence-corrected chi connectivity index (χ3v) is 3.81. The summed E-state index contributed by atoms with van der Waals surface area (Å²) in [5.41, 5.74) is 6.43. The van der Waals surface area contributed by atoms with Crippen LogP contribution >= 0.6 is 0 Å². The number of amides is 1. The van der Waals surface area contributed by atoms with Crippen LogP contribution in [0.5, 0.6) is 0 Å². The van der Waals surface area contributed by atoms with Crippen LogP contribution in [0.25, 0.3) is 0 Å². The minimum Gasteiger partial charge on any atom is -0.388 e. The van der Waals surface area contributed by atoms with Gasteiger partial charge in [0, 0.05) is 19.0 Å². The van der Waals surface area contributed by atoms with Crippen LogP contribution in [0.3, 0.4) is 0 Å². The Balaban J connectivity index is 1.68. The highest BCUT2D eigenvalue weighted by Crippen LogP contribution is 2.30. The molecule has 1 aliphatic carbocycles. The number of carbonyl (C=O) groups is 1. The van der Waals surface area contributed by atoms with Crippen LogP contribution in [-0.4, -0.2) is 23.2 Å². The number of nitrogens with one attached hydrogen (secondary N) is 1. The maximum absolute atomic E-state index is 11.7. The second-order valence-corrected chi connectivity index (χ2v) is 5.41. The molecule has 0 radical (unpaired) electrons. The van der Waals surface area contributed by atoms with Crippen molar-refractivity contribution in [1.82, 2.24) is 5.32 Å². The standard InChI is InChI=1S/C15H22N2O2/c16-13(12-5-2-1-3-6-12)7-8-14(18)17-11-15(19)9-4-10-15/h1-3,5-6,13,19H,4,7-11,16H2,(H,17,18). The average Bonchev–Trinajstić information content (AvgIpc) is 2.41. The second kappa shape index (κ2) is 6.17. The van der Waals surface area contributed by atoms with E-state index >= 15 is 0 Å². The van der Waals surface area contributed by atoms with Crippen molar-refractivity contribution < 1.29 is 9.90 Å². The largest absolute Gasteiger partial charge is 0.388 e. The maximum atomic E-state index is 11.7. The van der Waals surface area contributed by atoms with E-state index in [4.69, 9.17) is 5.73 Å². The highest BCUT2D eigenvalue weighted by atomic mass is 16.3. The molecule has 0 spiro atoms. The van der Waals surface area contributed by atoms with E-state index < -0.39 is 5.60 Å². The number of hydrogen-bond donors (Lipinski definition) is 3. The fraction of sp³-hybridized carbons (Fsp3) is 0.533. The fourth-order valence-electron chi connectivity index (χ4n) is 2.27. The van der Waals surface area contributed by atoms with E-state index in [1.54, 1.807) is 0 Å². The summed E-state index contributed by atoms with van der Waals surface area (Å²) in [6.07, 6.45) is 3.64. The van der Waals surface area contributed by atoms with Crippen molar-refractivity contribution >= 4 is 5.91 Å². The summed E-state index contributed by atoms with van der Waals surface area (Å²) in [5, 5.41) is 12.7. The second-order valence-electron chi connectivity index (χ2n) is 5.41. The highest BCUT2D eigenvalue weighted by molar-refractivity contribution is 5.76. The first-order valence-corrected chi connectivity index (χ1v) is 6.89. The van der Waals surface area contributed by atoms with Crippen LogP contribution < -0.4 is 11.1 Å². The van der Waals surface area contributed by atoms with Gasteiger partial charge in [-0.2, -0.15) is 0 Å². The molecule has 0 aliphatic heterocycles. The SMILES string of the molecule is NC(CCC(=O)NCC1(O)CCC1)c1ccccc1. The first kappa shape index (κ1) is 14.0.